The molecule has 0 unspecified atom stereocenters. The molecule has 2 rings (SSSR count). The summed E-state index contributed by atoms with van der Waals surface area (Å²) in [7, 11) is 0. The molecule has 0 aliphatic rings. The lowest BCUT2D eigenvalue weighted by atomic mass is 10.1. The van der Waals surface area contributed by atoms with Crippen molar-refractivity contribution < 1.29 is 13.6 Å². The molecule has 2 aromatic rings. The first-order chi connectivity index (χ1) is 9.50. The minimum absolute atomic E-state index is 0.0140. The zero-order valence-electron chi connectivity index (χ0n) is 10.6. The SMILES string of the molecule is Cc1ccc(F)c(C(=O)CSc2ccccc2Br)c1F. The van der Waals surface area contributed by atoms with E-state index >= 15 is 0 Å². The maximum Gasteiger partial charge on any atom is 0.179 e. The first-order valence-electron chi connectivity index (χ1n) is 5.86. The molecule has 0 saturated carbocycles. The van der Waals surface area contributed by atoms with Gasteiger partial charge in [0.25, 0.3) is 0 Å². The minimum Gasteiger partial charge on any atom is -0.293 e. The number of rotatable bonds is 4. The number of benzene rings is 2. The molecule has 0 aromatic heterocycles. The molecule has 0 radical (unpaired) electrons. The predicted octanol–water partition coefficient (Wildman–Crippen LogP) is 5.01. The van der Waals surface area contributed by atoms with E-state index in [1.807, 2.05) is 24.3 Å². The van der Waals surface area contributed by atoms with E-state index < -0.39 is 23.0 Å². The van der Waals surface area contributed by atoms with Gasteiger partial charge in [-0.1, -0.05) is 18.2 Å². The Morgan fingerprint density at radius 3 is 2.60 bits per heavy atom. The molecule has 0 bridgehead atoms. The zero-order valence-corrected chi connectivity index (χ0v) is 13.0. The molecule has 0 fully saturated rings. The van der Waals surface area contributed by atoms with Crippen LogP contribution in [-0.4, -0.2) is 11.5 Å². The fraction of sp³-hybridized carbons (Fsp3) is 0.133. The second-order valence-corrected chi connectivity index (χ2v) is 6.07. The van der Waals surface area contributed by atoms with Crippen LogP contribution in [-0.2, 0) is 0 Å². The van der Waals surface area contributed by atoms with E-state index in [-0.39, 0.29) is 11.3 Å². The van der Waals surface area contributed by atoms with Crippen LogP contribution in [0.5, 0.6) is 0 Å². The molecule has 0 atom stereocenters. The van der Waals surface area contributed by atoms with Crippen LogP contribution in [0.25, 0.3) is 0 Å². The van der Waals surface area contributed by atoms with Gasteiger partial charge in [0, 0.05) is 9.37 Å². The summed E-state index contributed by atoms with van der Waals surface area (Å²) in [6.07, 6.45) is 0. The van der Waals surface area contributed by atoms with E-state index in [4.69, 9.17) is 0 Å². The second kappa shape index (κ2) is 6.50. The van der Waals surface area contributed by atoms with Crippen molar-refractivity contribution in [3.63, 3.8) is 0 Å². The normalized spacial score (nSPS) is 10.6. The minimum atomic E-state index is -0.814. The average Bonchev–Trinajstić information content (AvgIpc) is 2.42. The molecule has 0 N–H and O–H groups in total. The molecule has 0 heterocycles. The first-order valence-corrected chi connectivity index (χ1v) is 7.63. The van der Waals surface area contributed by atoms with Crippen molar-refractivity contribution in [2.45, 2.75) is 11.8 Å². The zero-order chi connectivity index (χ0) is 14.7. The van der Waals surface area contributed by atoms with Crippen LogP contribution in [0.3, 0.4) is 0 Å². The largest absolute Gasteiger partial charge is 0.293 e. The number of aryl methyl sites for hydroxylation is 1. The van der Waals surface area contributed by atoms with Gasteiger partial charge in [0.15, 0.2) is 5.78 Å². The molecule has 0 spiro atoms. The Hall–Kier alpha value is -1.20. The molecule has 20 heavy (non-hydrogen) atoms. The summed E-state index contributed by atoms with van der Waals surface area (Å²) >= 11 is 4.61. The highest BCUT2D eigenvalue weighted by Crippen LogP contribution is 2.28. The van der Waals surface area contributed by atoms with E-state index in [1.54, 1.807) is 0 Å². The van der Waals surface area contributed by atoms with Crippen molar-refractivity contribution in [2.24, 2.45) is 0 Å². The van der Waals surface area contributed by atoms with E-state index in [2.05, 4.69) is 15.9 Å². The van der Waals surface area contributed by atoms with Gasteiger partial charge in [0.1, 0.15) is 11.6 Å². The fourth-order valence-corrected chi connectivity index (χ4v) is 3.13. The van der Waals surface area contributed by atoms with Crippen molar-refractivity contribution in [1.29, 1.82) is 0 Å². The smallest absolute Gasteiger partial charge is 0.179 e. The van der Waals surface area contributed by atoms with Crippen LogP contribution in [0, 0.1) is 18.6 Å². The van der Waals surface area contributed by atoms with Crippen LogP contribution in [0.1, 0.15) is 15.9 Å². The number of halogens is 3. The second-order valence-electron chi connectivity index (χ2n) is 4.20. The van der Waals surface area contributed by atoms with E-state index in [9.17, 15) is 13.6 Å². The maximum atomic E-state index is 13.8. The Bertz CT molecular complexity index is 658. The summed E-state index contributed by atoms with van der Waals surface area (Å²) in [5.41, 5.74) is -0.190. The third-order valence-corrected chi connectivity index (χ3v) is 4.79. The lowest BCUT2D eigenvalue weighted by Crippen LogP contribution is -2.09. The van der Waals surface area contributed by atoms with Gasteiger partial charge in [0.05, 0.1) is 11.3 Å². The number of carbonyl (C=O) groups excluding carboxylic acids is 1. The van der Waals surface area contributed by atoms with Crippen LogP contribution >= 0.6 is 27.7 Å². The van der Waals surface area contributed by atoms with Crippen LogP contribution < -0.4 is 0 Å². The van der Waals surface area contributed by atoms with Gasteiger partial charge < -0.3 is 0 Å². The Balaban J connectivity index is 2.18. The highest BCUT2D eigenvalue weighted by molar-refractivity contribution is 9.10. The van der Waals surface area contributed by atoms with Gasteiger partial charge in [-0.3, -0.25) is 4.79 Å². The van der Waals surface area contributed by atoms with Gasteiger partial charge in [-0.15, -0.1) is 11.8 Å². The Morgan fingerprint density at radius 1 is 1.20 bits per heavy atom. The maximum absolute atomic E-state index is 13.8. The fourth-order valence-electron chi connectivity index (χ4n) is 1.69. The molecule has 0 aliphatic carbocycles. The molecule has 0 saturated heterocycles. The summed E-state index contributed by atoms with van der Waals surface area (Å²) in [4.78, 5) is 12.9. The molecule has 1 nitrogen and oxygen atoms in total. The third-order valence-electron chi connectivity index (χ3n) is 2.76. The Labute approximate surface area is 128 Å². The van der Waals surface area contributed by atoms with Gasteiger partial charge in [-0.25, -0.2) is 8.78 Å². The molecule has 0 aliphatic heterocycles. The number of hydrogen-bond acceptors (Lipinski definition) is 2. The molecule has 2 aromatic carbocycles. The van der Waals surface area contributed by atoms with Gasteiger partial charge in [-0.2, -0.15) is 0 Å². The van der Waals surface area contributed by atoms with Crippen LogP contribution in [0.4, 0.5) is 8.78 Å². The highest BCUT2D eigenvalue weighted by Gasteiger charge is 2.19. The summed E-state index contributed by atoms with van der Waals surface area (Å²) in [6, 6.07) is 9.82. The molecular weight excluding hydrogens is 346 g/mol. The molecular formula is C15H11BrF2OS. The Kier molecular flexibility index (Phi) is 4.94. The monoisotopic (exact) mass is 356 g/mol. The molecule has 5 heteroatoms. The van der Waals surface area contributed by atoms with Crippen molar-refractivity contribution in [1.82, 2.24) is 0 Å². The third kappa shape index (κ3) is 3.27. The van der Waals surface area contributed by atoms with Crippen molar-refractivity contribution >= 4 is 33.5 Å². The van der Waals surface area contributed by atoms with E-state index in [1.165, 1.54) is 24.8 Å². The van der Waals surface area contributed by atoms with Crippen molar-refractivity contribution in [3.05, 3.63) is 63.6 Å². The number of ketones is 1. The highest BCUT2D eigenvalue weighted by atomic mass is 79.9. The standard InChI is InChI=1S/C15H11BrF2OS/c1-9-6-7-11(17)14(15(9)18)12(19)8-20-13-5-3-2-4-10(13)16/h2-7H,8H2,1H3. The number of carbonyl (C=O) groups is 1. The summed E-state index contributed by atoms with van der Waals surface area (Å²) < 4.78 is 28.3. The molecule has 104 valence electrons. The van der Waals surface area contributed by atoms with Crippen molar-refractivity contribution in [3.8, 4) is 0 Å². The molecule has 0 amide bonds. The number of Topliss-reactive ketones (excluding diaryl/α,β-unsaturated/α-hetero) is 1. The van der Waals surface area contributed by atoms with Crippen LogP contribution in [0.15, 0.2) is 45.8 Å². The quantitative estimate of drug-likeness (QED) is 0.565. The van der Waals surface area contributed by atoms with Crippen LogP contribution in [0.2, 0.25) is 0 Å². The van der Waals surface area contributed by atoms with E-state index in [0.29, 0.717) is 0 Å². The van der Waals surface area contributed by atoms with E-state index in [0.717, 1.165) is 15.4 Å². The van der Waals surface area contributed by atoms with Gasteiger partial charge in [-0.05, 0) is 46.6 Å². The number of hydrogen-bond donors (Lipinski definition) is 0. The number of thioether (sulfide) groups is 1. The summed E-state index contributed by atoms with van der Waals surface area (Å²) in [6.45, 7) is 1.51. The van der Waals surface area contributed by atoms with Gasteiger partial charge >= 0.3 is 0 Å². The first kappa shape index (κ1) is 15.2. The Morgan fingerprint density at radius 2 is 1.90 bits per heavy atom. The lowest BCUT2D eigenvalue weighted by molar-refractivity contribution is 0.101. The average molecular weight is 357 g/mol. The topological polar surface area (TPSA) is 17.1 Å². The lowest BCUT2D eigenvalue weighted by Gasteiger charge is -2.07. The predicted molar refractivity (Wildman–Crippen MR) is 80.3 cm³/mol. The summed E-state index contributed by atoms with van der Waals surface area (Å²) in [5.74, 6) is -2.15. The summed E-state index contributed by atoms with van der Waals surface area (Å²) in [5, 5.41) is 0. The van der Waals surface area contributed by atoms with Crippen molar-refractivity contribution in [2.75, 3.05) is 5.75 Å². The van der Waals surface area contributed by atoms with Gasteiger partial charge in [0.2, 0.25) is 0 Å².